The summed E-state index contributed by atoms with van der Waals surface area (Å²) in [5.41, 5.74) is 2.68. The number of aromatic nitrogens is 3. The lowest BCUT2D eigenvalue weighted by Gasteiger charge is -2.02. The summed E-state index contributed by atoms with van der Waals surface area (Å²) in [7, 11) is 0. The number of rotatable bonds is 4. The third-order valence-corrected chi connectivity index (χ3v) is 4.29. The summed E-state index contributed by atoms with van der Waals surface area (Å²) in [6.07, 6.45) is 1.72. The van der Waals surface area contributed by atoms with Crippen molar-refractivity contribution in [2.45, 2.75) is 6.92 Å². The first-order valence-electron chi connectivity index (χ1n) is 7.34. The Hall–Kier alpha value is -2.73. The zero-order valence-corrected chi connectivity index (χ0v) is 13.3. The molecule has 4 aromatic rings. The number of fused-ring (bicyclic) bond motifs is 2. The number of benzene rings is 2. The molecule has 0 aliphatic carbocycles. The van der Waals surface area contributed by atoms with E-state index in [-0.39, 0.29) is 0 Å². The Balaban J connectivity index is 1.65. The Morgan fingerprint density at radius 3 is 2.78 bits per heavy atom. The van der Waals surface area contributed by atoms with Crippen LogP contribution in [0.3, 0.4) is 0 Å². The Labute approximate surface area is 137 Å². The van der Waals surface area contributed by atoms with Crippen molar-refractivity contribution in [2.24, 2.45) is 0 Å². The molecule has 0 aliphatic heterocycles. The molecular weight excluding hydrogens is 308 g/mol. The smallest absolute Gasteiger partial charge is 0.189 e. The number of nitrogens with zero attached hydrogens (tertiary/aromatic N) is 3. The quantitative estimate of drug-likeness (QED) is 0.604. The van der Waals surface area contributed by atoms with Crippen LogP contribution in [0.25, 0.3) is 21.3 Å². The Bertz CT molecular complexity index is 983. The molecule has 0 unspecified atom stereocenters. The van der Waals surface area contributed by atoms with Gasteiger partial charge in [0, 0.05) is 0 Å². The van der Waals surface area contributed by atoms with E-state index in [1.165, 1.54) is 0 Å². The van der Waals surface area contributed by atoms with Crippen molar-refractivity contribution in [1.82, 2.24) is 15.0 Å². The van der Waals surface area contributed by atoms with Crippen molar-refractivity contribution in [3.05, 3.63) is 48.7 Å². The lowest BCUT2D eigenvalue weighted by molar-refractivity contribution is 0.341. The van der Waals surface area contributed by atoms with E-state index in [0.29, 0.717) is 12.4 Å². The SMILES string of the molecule is CCOc1ccc2nc(Nc3cnc4ccccc4n3)sc2c1. The monoisotopic (exact) mass is 322 g/mol. The van der Waals surface area contributed by atoms with Crippen molar-refractivity contribution in [2.75, 3.05) is 11.9 Å². The fraction of sp³-hybridized carbons (Fsp3) is 0.118. The molecule has 0 amide bonds. The lowest BCUT2D eigenvalue weighted by Crippen LogP contribution is -1.94. The van der Waals surface area contributed by atoms with Crippen molar-refractivity contribution in [3.63, 3.8) is 0 Å². The average Bonchev–Trinajstić information content (AvgIpc) is 2.96. The van der Waals surface area contributed by atoms with Crippen LogP contribution in [0.5, 0.6) is 5.75 Å². The minimum atomic E-state index is 0.655. The maximum absolute atomic E-state index is 5.53. The molecule has 0 spiro atoms. The summed E-state index contributed by atoms with van der Waals surface area (Å²) >= 11 is 1.57. The summed E-state index contributed by atoms with van der Waals surface area (Å²) in [5, 5.41) is 4.02. The predicted octanol–water partition coefficient (Wildman–Crippen LogP) is 4.38. The second-order valence-electron chi connectivity index (χ2n) is 4.95. The molecule has 5 nitrogen and oxygen atoms in total. The van der Waals surface area contributed by atoms with Crippen molar-refractivity contribution in [3.8, 4) is 5.75 Å². The van der Waals surface area contributed by atoms with E-state index in [4.69, 9.17) is 4.74 Å². The van der Waals surface area contributed by atoms with Gasteiger partial charge < -0.3 is 10.1 Å². The van der Waals surface area contributed by atoms with Crippen LogP contribution in [-0.2, 0) is 0 Å². The number of ether oxygens (including phenoxy) is 1. The van der Waals surface area contributed by atoms with Gasteiger partial charge in [0.05, 0.1) is 34.1 Å². The van der Waals surface area contributed by atoms with Crippen LogP contribution in [0.4, 0.5) is 10.9 Å². The molecule has 6 heteroatoms. The highest BCUT2D eigenvalue weighted by atomic mass is 32.1. The lowest BCUT2D eigenvalue weighted by atomic mass is 10.3. The van der Waals surface area contributed by atoms with Crippen LogP contribution >= 0.6 is 11.3 Å². The van der Waals surface area contributed by atoms with Crippen LogP contribution in [-0.4, -0.2) is 21.6 Å². The van der Waals surface area contributed by atoms with Gasteiger partial charge in [-0.15, -0.1) is 0 Å². The highest BCUT2D eigenvalue weighted by Crippen LogP contribution is 2.30. The van der Waals surface area contributed by atoms with E-state index < -0.39 is 0 Å². The van der Waals surface area contributed by atoms with Gasteiger partial charge in [0.2, 0.25) is 0 Å². The molecule has 0 saturated heterocycles. The molecule has 0 atom stereocenters. The molecule has 0 saturated carbocycles. The molecule has 1 N–H and O–H groups in total. The van der Waals surface area contributed by atoms with Gasteiger partial charge in [-0.05, 0) is 37.3 Å². The largest absolute Gasteiger partial charge is 0.494 e. The minimum Gasteiger partial charge on any atom is -0.494 e. The van der Waals surface area contributed by atoms with Crippen LogP contribution in [0.1, 0.15) is 6.92 Å². The standard InChI is InChI=1S/C17H14N4OS/c1-2-22-11-7-8-14-15(9-11)23-17(20-14)21-16-10-18-12-5-3-4-6-13(12)19-16/h3-10H,2H2,1H3,(H,19,20,21). The minimum absolute atomic E-state index is 0.655. The first kappa shape index (κ1) is 13.9. The first-order valence-corrected chi connectivity index (χ1v) is 8.15. The van der Waals surface area contributed by atoms with Crippen molar-refractivity contribution in [1.29, 1.82) is 0 Å². The molecule has 114 valence electrons. The molecule has 23 heavy (non-hydrogen) atoms. The number of thiazole rings is 1. The Morgan fingerprint density at radius 1 is 1.04 bits per heavy atom. The van der Waals surface area contributed by atoms with Crippen LogP contribution in [0, 0.1) is 0 Å². The summed E-state index contributed by atoms with van der Waals surface area (Å²) in [6.45, 7) is 2.63. The van der Waals surface area contributed by atoms with E-state index in [1.807, 2.05) is 49.4 Å². The van der Waals surface area contributed by atoms with Crippen LogP contribution in [0.2, 0.25) is 0 Å². The molecule has 4 rings (SSSR count). The molecular formula is C17H14N4OS. The van der Waals surface area contributed by atoms with Crippen LogP contribution in [0.15, 0.2) is 48.7 Å². The zero-order chi connectivity index (χ0) is 15.6. The van der Waals surface area contributed by atoms with Gasteiger partial charge >= 0.3 is 0 Å². The normalized spacial score (nSPS) is 11.0. The first-order chi connectivity index (χ1) is 11.3. The van der Waals surface area contributed by atoms with Crippen molar-refractivity contribution >= 4 is 43.5 Å². The van der Waals surface area contributed by atoms with E-state index in [2.05, 4.69) is 20.3 Å². The fourth-order valence-electron chi connectivity index (χ4n) is 2.34. The molecule has 0 bridgehead atoms. The second kappa shape index (κ2) is 5.81. The maximum atomic E-state index is 5.53. The summed E-state index contributed by atoms with van der Waals surface area (Å²) in [6, 6.07) is 13.7. The van der Waals surface area contributed by atoms with E-state index in [9.17, 15) is 0 Å². The molecule has 0 fully saturated rings. The number of para-hydroxylation sites is 2. The fourth-order valence-corrected chi connectivity index (χ4v) is 3.24. The number of hydrogen-bond acceptors (Lipinski definition) is 6. The Kier molecular flexibility index (Phi) is 3.51. The molecule has 0 radical (unpaired) electrons. The molecule has 2 aromatic heterocycles. The van der Waals surface area contributed by atoms with Crippen molar-refractivity contribution < 1.29 is 4.74 Å². The number of nitrogens with one attached hydrogen (secondary N) is 1. The van der Waals surface area contributed by atoms with Gasteiger partial charge in [-0.2, -0.15) is 0 Å². The third kappa shape index (κ3) is 2.80. The molecule has 2 aromatic carbocycles. The van der Waals surface area contributed by atoms with E-state index in [0.717, 1.165) is 32.1 Å². The van der Waals surface area contributed by atoms with Gasteiger partial charge in [-0.25, -0.2) is 9.97 Å². The van der Waals surface area contributed by atoms with Gasteiger partial charge in [0.15, 0.2) is 10.9 Å². The maximum Gasteiger partial charge on any atom is 0.189 e. The van der Waals surface area contributed by atoms with E-state index in [1.54, 1.807) is 17.5 Å². The topological polar surface area (TPSA) is 59.9 Å². The number of hydrogen-bond donors (Lipinski definition) is 1. The third-order valence-electron chi connectivity index (χ3n) is 3.35. The summed E-state index contributed by atoms with van der Waals surface area (Å²) in [4.78, 5) is 13.5. The zero-order valence-electron chi connectivity index (χ0n) is 12.5. The molecule has 2 heterocycles. The highest BCUT2D eigenvalue weighted by Gasteiger charge is 2.07. The second-order valence-corrected chi connectivity index (χ2v) is 5.98. The van der Waals surface area contributed by atoms with E-state index >= 15 is 0 Å². The summed E-state index contributed by atoms with van der Waals surface area (Å²) in [5.74, 6) is 1.55. The van der Waals surface area contributed by atoms with Gasteiger partial charge in [0.25, 0.3) is 0 Å². The number of anilines is 2. The molecule has 0 aliphatic rings. The summed E-state index contributed by atoms with van der Waals surface area (Å²) < 4.78 is 6.60. The highest BCUT2D eigenvalue weighted by molar-refractivity contribution is 7.22. The average molecular weight is 322 g/mol. The van der Waals surface area contributed by atoms with Gasteiger partial charge in [-0.1, -0.05) is 23.5 Å². The Morgan fingerprint density at radius 2 is 1.91 bits per heavy atom. The van der Waals surface area contributed by atoms with Crippen LogP contribution < -0.4 is 10.1 Å². The van der Waals surface area contributed by atoms with Gasteiger partial charge in [0.1, 0.15) is 5.75 Å². The predicted molar refractivity (Wildman–Crippen MR) is 93.6 cm³/mol. The van der Waals surface area contributed by atoms with Gasteiger partial charge in [-0.3, -0.25) is 4.98 Å².